The van der Waals surface area contributed by atoms with Crippen molar-refractivity contribution in [2.45, 2.75) is 44.8 Å². The van der Waals surface area contributed by atoms with Gasteiger partial charge in [0.2, 0.25) is 5.88 Å². The van der Waals surface area contributed by atoms with Crippen LogP contribution in [-0.2, 0) is 0 Å². The number of hydrogen-bond donors (Lipinski definition) is 1. The van der Waals surface area contributed by atoms with Crippen LogP contribution in [0.4, 0.5) is 0 Å². The van der Waals surface area contributed by atoms with E-state index in [4.69, 9.17) is 15.2 Å². The monoisotopic (exact) mass is 236 g/mol. The van der Waals surface area contributed by atoms with Crippen LogP contribution in [0.1, 0.15) is 44.8 Å². The van der Waals surface area contributed by atoms with Crippen LogP contribution in [0.5, 0.6) is 11.6 Å². The molecule has 1 aliphatic heterocycles. The predicted molar refractivity (Wildman–Crippen MR) is 66.3 cm³/mol. The molecule has 2 rings (SSSR count). The Kier molecular flexibility index (Phi) is 3.24. The molecule has 0 aromatic carbocycles. The number of aromatic nitrogens is 1. The molecule has 0 unspecified atom stereocenters. The van der Waals surface area contributed by atoms with E-state index >= 15 is 0 Å². The van der Waals surface area contributed by atoms with Gasteiger partial charge >= 0.3 is 0 Å². The number of ether oxygens (including phenoxy) is 2. The van der Waals surface area contributed by atoms with Crippen molar-refractivity contribution in [3.63, 3.8) is 0 Å². The Morgan fingerprint density at radius 2 is 2.18 bits per heavy atom. The topological polar surface area (TPSA) is 57.4 Å². The molecule has 1 aliphatic rings. The Labute approximate surface area is 102 Å². The third kappa shape index (κ3) is 2.09. The quantitative estimate of drug-likeness (QED) is 0.875. The molecule has 0 radical (unpaired) electrons. The minimum absolute atomic E-state index is 0.0752. The first-order chi connectivity index (χ1) is 8.14. The number of hydrogen-bond acceptors (Lipinski definition) is 4. The van der Waals surface area contributed by atoms with Gasteiger partial charge in [-0.2, -0.15) is 0 Å². The average Bonchev–Trinajstić information content (AvgIpc) is 2.38. The summed E-state index contributed by atoms with van der Waals surface area (Å²) in [6.07, 6.45) is 2.73. The average molecular weight is 236 g/mol. The van der Waals surface area contributed by atoms with Crippen LogP contribution in [0.2, 0.25) is 0 Å². The van der Waals surface area contributed by atoms with Crippen LogP contribution >= 0.6 is 0 Å². The Balaban J connectivity index is 2.37. The van der Waals surface area contributed by atoms with Crippen LogP contribution in [-0.4, -0.2) is 17.7 Å². The highest BCUT2D eigenvalue weighted by atomic mass is 16.5. The van der Waals surface area contributed by atoms with Gasteiger partial charge < -0.3 is 15.2 Å². The molecule has 0 spiro atoms. The molecule has 0 aliphatic carbocycles. The van der Waals surface area contributed by atoms with E-state index in [0.717, 1.165) is 30.7 Å². The van der Waals surface area contributed by atoms with Crippen molar-refractivity contribution in [1.82, 2.24) is 4.98 Å². The van der Waals surface area contributed by atoms with Crippen LogP contribution in [0.25, 0.3) is 0 Å². The molecule has 94 valence electrons. The maximum absolute atomic E-state index is 6.20. The maximum atomic E-state index is 6.20. The van der Waals surface area contributed by atoms with E-state index in [1.807, 2.05) is 12.1 Å². The molecule has 1 atom stereocenters. The van der Waals surface area contributed by atoms with Gasteiger partial charge in [-0.1, -0.05) is 13.8 Å². The first-order valence-corrected chi connectivity index (χ1v) is 6.13. The van der Waals surface area contributed by atoms with Crippen molar-refractivity contribution in [3.05, 3.63) is 17.8 Å². The number of fused-ring (bicyclic) bond motifs is 1. The molecule has 0 fully saturated rings. The van der Waals surface area contributed by atoms with Crippen LogP contribution in [0, 0.1) is 0 Å². The van der Waals surface area contributed by atoms with Crippen LogP contribution < -0.4 is 15.2 Å². The molecular weight excluding hydrogens is 216 g/mol. The van der Waals surface area contributed by atoms with Gasteiger partial charge in [0.1, 0.15) is 17.0 Å². The van der Waals surface area contributed by atoms with E-state index in [2.05, 4.69) is 18.8 Å². The highest BCUT2D eigenvalue weighted by Crippen LogP contribution is 2.41. The van der Waals surface area contributed by atoms with E-state index in [0.29, 0.717) is 5.88 Å². The summed E-state index contributed by atoms with van der Waals surface area (Å²) in [4.78, 5) is 4.37. The van der Waals surface area contributed by atoms with Gasteiger partial charge in [0.15, 0.2) is 0 Å². The van der Waals surface area contributed by atoms with Crippen molar-refractivity contribution < 1.29 is 9.47 Å². The lowest BCUT2D eigenvalue weighted by Crippen LogP contribution is -2.42. The minimum Gasteiger partial charge on any atom is -0.485 e. The normalized spacial score (nSPS) is 21.5. The Morgan fingerprint density at radius 1 is 1.47 bits per heavy atom. The van der Waals surface area contributed by atoms with E-state index in [1.165, 1.54) is 0 Å². The van der Waals surface area contributed by atoms with Crippen molar-refractivity contribution >= 4 is 0 Å². The number of nitrogens with two attached hydrogens (primary N) is 1. The summed E-state index contributed by atoms with van der Waals surface area (Å²) in [5.74, 6) is 1.39. The molecule has 2 N–H and O–H groups in total. The zero-order chi connectivity index (χ0) is 12.5. The van der Waals surface area contributed by atoms with Gasteiger partial charge in [-0.15, -0.1) is 0 Å². The van der Waals surface area contributed by atoms with Crippen molar-refractivity contribution in [3.8, 4) is 11.6 Å². The Hall–Kier alpha value is -1.29. The smallest absolute Gasteiger partial charge is 0.213 e. The summed E-state index contributed by atoms with van der Waals surface area (Å²) in [6.45, 7) is 4.27. The third-order valence-electron chi connectivity index (χ3n) is 3.63. The van der Waals surface area contributed by atoms with Crippen molar-refractivity contribution in [1.29, 1.82) is 0 Å². The summed E-state index contributed by atoms with van der Waals surface area (Å²) >= 11 is 0. The molecule has 0 amide bonds. The number of pyridine rings is 1. The van der Waals surface area contributed by atoms with Crippen LogP contribution in [0.15, 0.2) is 12.1 Å². The van der Waals surface area contributed by atoms with E-state index in [9.17, 15) is 0 Å². The molecule has 4 heteroatoms. The first kappa shape index (κ1) is 12.2. The van der Waals surface area contributed by atoms with Gasteiger partial charge in [0.05, 0.1) is 13.2 Å². The van der Waals surface area contributed by atoms with Gasteiger partial charge in [-0.05, 0) is 18.9 Å². The van der Waals surface area contributed by atoms with E-state index < -0.39 is 0 Å². The molecule has 0 saturated heterocycles. The second-order valence-corrected chi connectivity index (χ2v) is 4.54. The largest absolute Gasteiger partial charge is 0.485 e. The highest BCUT2D eigenvalue weighted by Gasteiger charge is 2.37. The van der Waals surface area contributed by atoms with Gasteiger partial charge in [-0.25, -0.2) is 4.98 Å². The van der Waals surface area contributed by atoms with Crippen molar-refractivity contribution in [2.24, 2.45) is 5.73 Å². The SMILES string of the molecule is CCC1(CC)C[C@H](N)c2nc(OC)ccc2O1. The summed E-state index contributed by atoms with van der Waals surface area (Å²) in [7, 11) is 1.60. The molecule has 0 saturated carbocycles. The fourth-order valence-corrected chi connectivity index (χ4v) is 2.36. The molecule has 4 nitrogen and oxygen atoms in total. The van der Waals surface area contributed by atoms with Gasteiger partial charge in [-0.3, -0.25) is 0 Å². The van der Waals surface area contributed by atoms with Crippen molar-refractivity contribution in [2.75, 3.05) is 7.11 Å². The standard InChI is InChI=1S/C13H20N2O2/c1-4-13(5-2)8-9(14)12-10(17-13)6-7-11(15-12)16-3/h6-7,9H,4-5,8,14H2,1-3H3/t9-/m0/s1. The molecular formula is C13H20N2O2. The Bertz CT molecular complexity index is 402. The summed E-state index contributed by atoms with van der Waals surface area (Å²) in [5, 5.41) is 0. The predicted octanol–water partition coefficient (Wildman–Crippen LogP) is 2.43. The summed E-state index contributed by atoms with van der Waals surface area (Å²) < 4.78 is 11.2. The number of rotatable bonds is 3. The fourth-order valence-electron chi connectivity index (χ4n) is 2.36. The lowest BCUT2D eigenvalue weighted by atomic mass is 9.85. The first-order valence-electron chi connectivity index (χ1n) is 6.13. The Morgan fingerprint density at radius 3 is 2.76 bits per heavy atom. The minimum atomic E-state index is -0.136. The molecule has 2 heterocycles. The summed E-state index contributed by atoms with van der Waals surface area (Å²) in [6, 6.07) is 3.64. The van der Waals surface area contributed by atoms with E-state index in [-0.39, 0.29) is 11.6 Å². The fraction of sp³-hybridized carbons (Fsp3) is 0.615. The van der Waals surface area contributed by atoms with Gasteiger partial charge in [0.25, 0.3) is 0 Å². The van der Waals surface area contributed by atoms with E-state index in [1.54, 1.807) is 7.11 Å². The zero-order valence-electron chi connectivity index (χ0n) is 10.7. The second kappa shape index (κ2) is 4.53. The number of nitrogens with zero attached hydrogens (tertiary/aromatic N) is 1. The summed E-state index contributed by atoms with van der Waals surface area (Å²) in [5.41, 5.74) is 6.87. The second-order valence-electron chi connectivity index (χ2n) is 4.54. The zero-order valence-corrected chi connectivity index (χ0v) is 10.7. The highest BCUT2D eigenvalue weighted by molar-refractivity contribution is 5.36. The van der Waals surface area contributed by atoms with Crippen LogP contribution in [0.3, 0.4) is 0 Å². The lowest BCUT2D eigenvalue weighted by molar-refractivity contribution is 0.0263. The lowest BCUT2D eigenvalue weighted by Gasteiger charge is -2.39. The third-order valence-corrected chi connectivity index (χ3v) is 3.63. The molecule has 0 bridgehead atoms. The molecule has 17 heavy (non-hydrogen) atoms. The maximum Gasteiger partial charge on any atom is 0.213 e. The molecule has 1 aromatic rings. The number of methoxy groups -OCH3 is 1. The van der Waals surface area contributed by atoms with Gasteiger partial charge in [0, 0.05) is 12.5 Å². The molecule has 1 aromatic heterocycles.